The van der Waals surface area contributed by atoms with Crippen LogP contribution >= 0.6 is 0 Å². The molecule has 0 fully saturated rings. The summed E-state index contributed by atoms with van der Waals surface area (Å²) in [5.74, 6) is 2.35. The summed E-state index contributed by atoms with van der Waals surface area (Å²) in [5, 5.41) is 3.89. The average Bonchev–Trinajstić information content (AvgIpc) is 2.18. The highest BCUT2D eigenvalue weighted by Gasteiger charge is 1.97. The summed E-state index contributed by atoms with van der Waals surface area (Å²) in [5.41, 5.74) is 2.92. The quantitative estimate of drug-likeness (QED) is 0.307. The van der Waals surface area contributed by atoms with Gasteiger partial charge in [0.25, 0.3) is 0 Å². The molecule has 1 radical (unpaired) electrons. The number of hydrogen-bond donors (Lipinski definition) is 0. The van der Waals surface area contributed by atoms with Crippen LogP contribution in [-0.4, -0.2) is 12.3 Å². The van der Waals surface area contributed by atoms with Gasteiger partial charge in [-0.05, 0) is 37.1 Å². The van der Waals surface area contributed by atoms with Gasteiger partial charge in [-0.2, -0.15) is 0 Å². The van der Waals surface area contributed by atoms with Gasteiger partial charge in [-0.1, -0.05) is 23.2 Å². The third-order valence-electron chi connectivity index (χ3n) is 1.71. The molecule has 2 nitrogen and oxygen atoms in total. The van der Waals surface area contributed by atoms with E-state index in [-0.39, 0.29) is 6.61 Å². The second-order valence-electron chi connectivity index (χ2n) is 2.91. The van der Waals surface area contributed by atoms with Gasteiger partial charge in [-0.3, -0.25) is 0 Å². The number of benzene rings is 1. The molecule has 0 aliphatic carbocycles. The van der Waals surface area contributed by atoms with E-state index in [1.54, 1.807) is 0 Å². The van der Waals surface area contributed by atoms with Crippen LogP contribution in [0.5, 0.6) is 0 Å². The Balaban J connectivity index is 2.74. The maximum absolute atomic E-state index is 5.03. The van der Waals surface area contributed by atoms with E-state index >= 15 is 0 Å². The van der Waals surface area contributed by atoms with E-state index in [9.17, 15) is 0 Å². The van der Waals surface area contributed by atoms with Gasteiger partial charge >= 0.3 is 0 Å². The fourth-order valence-electron chi connectivity index (χ4n) is 1.03. The maximum atomic E-state index is 5.03. The van der Waals surface area contributed by atoms with Crippen molar-refractivity contribution in [3.8, 4) is 12.3 Å². The van der Waals surface area contributed by atoms with E-state index in [4.69, 9.17) is 11.3 Å². The van der Waals surface area contributed by atoms with Crippen LogP contribution in [-0.2, 0) is 4.84 Å². The van der Waals surface area contributed by atoms with Gasteiger partial charge in [0, 0.05) is 0 Å². The first-order chi connectivity index (χ1) is 6.74. The second-order valence-corrected chi connectivity index (χ2v) is 2.91. The van der Waals surface area contributed by atoms with Gasteiger partial charge in [0.2, 0.25) is 0 Å². The molecular formula is C12H12NO. The van der Waals surface area contributed by atoms with E-state index in [0.29, 0.717) is 0 Å². The Morgan fingerprint density at radius 3 is 3.14 bits per heavy atom. The zero-order valence-electron chi connectivity index (χ0n) is 8.37. The first kappa shape index (κ1) is 10.3. The zero-order valence-corrected chi connectivity index (χ0v) is 8.37. The lowest BCUT2D eigenvalue weighted by Gasteiger charge is -2.00. The van der Waals surface area contributed by atoms with Gasteiger partial charge in [0.05, 0.1) is 5.71 Å². The summed E-state index contributed by atoms with van der Waals surface area (Å²) in [4.78, 5) is 4.88. The van der Waals surface area contributed by atoms with Gasteiger partial charge in [0.1, 0.15) is 0 Å². The van der Waals surface area contributed by atoms with Gasteiger partial charge < -0.3 is 4.84 Å². The minimum Gasteiger partial charge on any atom is -0.382 e. The molecule has 1 rings (SSSR count). The van der Waals surface area contributed by atoms with Gasteiger partial charge in [0.15, 0.2) is 6.61 Å². The third kappa shape index (κ3) is 2.95. The van der Waals surface area contributed by atoms with E-state index < -0.39 is 0 Å². The van der Waals surface area contributed by atoms with Crippen molar-refractivity contribution in [1.82, 2.24) is 0 Å². The molecular weight excluding hydrogens is 174 g/mol. The summed E-state index contributed by atoms with van der Waals surface area (Å²) >= 11 is 0. The lowest BCUT2D eigenvalue weighted by atomic mass is 10.1. The normalized spacial score (nSPS) is 10.8. The maximum Gasteiger partial charge on any atom is 0.177 e. The standard InChI is InChI=1S/C12H12NO/c1-4-8-14-13-11(3)12-7-5-6-10(2)9-12/h1,5,7,9H,8H2,2-3H3. The Morgan fingerprint density at radius 2 is 2.50 bits per heavy atom. The van der Waals surface area contributed by atoms with E-state index in [1.807, 2.05) is 32.0 Å². The van der Waals surface area contributed by atoms with Crippen molar-refractivity contribution in [2.24, 2.45) is 5.16 Å². The lowest BCUT2D eigenvalue weighted by molar-refractivity contribution is 0.180. The molecule has 0 heterocycles. The molecule has 0 saturated carbocycles. The first-order valence-corrected chi connectivity index (χ1v) is 4.33. The average molecular weight is 186 g/mol. The first-order valence-electron chi connectivity index (χ1n) is 4.33. The molecule has 71 valence electrons. The molecule has 0 amide bonds. The van der Waals surface area contributed by atoms with Crippen LogP contribution in [0, 0.1) is 25.3 Å². The van der Waals surface area contributed by atoms with Gasteiger partial charge in [-0.15, -0.1) is 6.42 Å². The Labute approximate surface area is 84.6 Å². The molecule has 0 aliphatic heterocycles. The number of nitrogens with zero attached hydrogens (tertiary/aromatic N) is 1. The molecule has 0 saturated heterocycles. The number of terminal acetylenes is 1. The summed E-state index contributed by atoms with van der Waals surface area (Å²) in [7, 11) is 0. The molecule has 0 aliphatic rings. The third-order valence-corrected chi connectivity index (χ3v) is 1.71. The molecule has 0 unspecified atom stereocenters. The van der Waals surface area contributed by atoms with Crippen molar-refractivity contribution in [3.05, 3.63) is 35.4 Å². The van der Waals surface area contributed by atoms with Crippen molar-refractivity contribution < 1.29 is 4.84 Å². The molecule has 2 heteroatoms. The highest BCUT2D eigenvalue weighted by molar-refractivity contribution is 5.98. The SMILES string of the molecule is C#CCON=C(C)c1cc[c]c(C)c1. The van der Waals surface area contributed by atoms with Crippen LogP contribution < -0.4 is 0 Å². The Hall–Kier alpha value is -1.75. The molecule has 1 aromatic carbocycles. The summed E-state index contributed by atoms with van der Waals surface area (Å²) in [6.07, 6.45) is 5.03. The van der Waals surface area contributed by atoms with Crippen LogP contribution in [0.3, 0.4) is 0 Å². The van der Waals surface area contributed by atoms with E-state index in [0.717, 1.165) is 16.8 Å². The topological polar surface area (TPSA) is 21.6 Å². The fraction of sp³-hybridized carbons (Fsp3) is 0.250. The van der Waals surface area contributed by atoms with Crippen molar-refractivity contribution in [2.45, 2.75) is 13.8 Å². The molecule has 0 aromatic heterocycles. The largest absolute Gasteiger partial charge is 0.382 e. The molecule has 0 N–H and O–H groups in total. The summed E-state index contributed by atoms with van der Waals surface area (Å²) in [6, 6.07) is 8.87. The van der Waals surface area contributed by atoms with Crippen molar-refractivity contribution in [2.75, 3.05) is 6.61 Å². The Morgan fingerprint density at radius 1 is 1.71 bits per heavy atom. The lowest BCUT2D eigenvalue weighted by Crippen LogP contribution is -1.97. The second kappa shape index (κ2) is 5.08. The van der Waals surface area contributed by atoms with Crippen LogP contribution in [0.25, 0.3) is 0 Å². The van der Waals surface area contributed by atoms with Crippen molar-refractivity contribution >= 4 is 5.71 Å². The van der Waals surface area contributed by atoms with Crippen molar-refractivity contribution in [1.29, 1.82) is 0 Å². The van der Waals surface area contributed by atoms with Crippen LogP contribution in [0.2, 0.25) is 0 Å². The molecule has 1 aromatic rings. The number of rotatable bonds is 3. The van der Waals surface area contributed by atoms with Crippen LogP contribution in [0.4, 0.5) is 0 Å². The summed E-state index contributed by atoms with van der Waals surface area (Å²) in [6.45, 7) is 4.07. The highest BCUT2D eigenvalue weighted by atomic mass is 16.6. The van der Waals surface area contributed by atoms with Crippen molar-refractivity contribution in [3.63, 3.8) is 0 Å². The highest BCUT2D eigenvalue weighted by Crippen LogP contribution is 2.04. The smallest absolute Gasteiger partial charge is 0.177 e. The predicted molar refractivity (Wildman–Crippen MR) is 57.0 cm³/mol. The zero-order chi connectivity index (χ0) is 10.4. The Bertz CT molecular complexity index is 374. The Kier molecular flexibility index (Phi) is 3.75. The molecule has 0 spiro atoms. The minimum atomic E-state index is 0.204. The predicted octanol–water partition coefficient (Wildman–Crippen LogP) is 2.17. The fourth-order valence-corrected chi connectivity index (χ4v) is 1.03. The number of hydrogen-bond acceptors (Lipinski definition) is 2. The van der Waals surface area contributed by atoms with E-state index in [2.05, 4.69) is 17.1 Å². The van der Waals surface area contributed by atoms with Crippen LogP contribution in [0.1, 0.15) is 18.1 Å². The molecule has 14 heavy (non-hydrogen) atoms. The summed E-state index contributed by atoms with van der Waals surface area (Å²) < 4.78 is 0. The minimum absolute atomic E-state index is 0.204. The van der Waals surface area contributed by atoms with E-state index in [1.165, 1.54) is 0 Å². The van der Waals surface area contributed by atoms with Crippen LogP contribution in [0.15, 0.2) is 23.4 Å². The number of oxime groups is 1. The monoisotopic (exact) mass is 186 g/mol. The number of aryl methyl sites for hydroxylation is 1. The molecule has 0 bridgehead atoms. The van der Waals surface area contributed by atoms with Gasteiger partial charge in [-0.25, -0.2) is 0 Å². The molecule has 0 atom stereocenters.